The summed E-state index contributed by atoms with van der Waals surface area (Å²) in [5.74, 6) is -4.55. The SMILES string of the molecule is CS(=O)(=O)OC(C(=O)OCC(F)(F)F)C(OS(C)(=O)=O)C(=O)OCC(F)(F)F. The summed E-state index contributed by atoms with van der Waals surface area (Å²) < 4.78 is 133. The Kier molecular flexibility index (Phi) is 8.68. The summed E-state index contributed by atoms with van der Waals surface area (Å²) in [6.07, 6.45) is -15.9. The number of carbonyl (C=O) groups is 2. The van der Waals surface area contributed by atoms with Crippen LogP contribution in [-0.4, -0.2) is 79.1 Å². The van der Waals surface area contributed by atoms with Gasteiger partial charge in [-0.2, -0.15) is 43.2 Å². The number of alkyl halides is 6. The minimum Gasteiger partial charge on any atom is -0.454 e. The molecule has 0 amide bonds. The normalized spacial score (nSPS) is 15.6. The van der Waals surface area contributed by atoms with Gasteiger partial charge in [-0.25, -0.2) is 9.59 Å². The fraction of sp³-hybridized carbons (Fsp3) is 0.800. The van der Waals surface area contributed by atoms with E-state index in [-0.39, 0.29) is 12.5 Å². The van der Waals surface area contributed by atoms with E-state index in [0.29, 0.717) is 0 Å². The maximum Gasteiger partial charge on any atom is 0.422 e. The van der Waals surface area contributed by atoms with E-state index >= 15 is 0 Å². The average molecular weight is 470 g/mol. The molecular weight excluding hydrogens is 458 g/mol. The Morgan fingerprint density at radius 2 is 0.964 bits per heavy atom. The van der Waals surface area contributed by atoms with Gasteiger partial charge in [0.05, 0.1) is 12.5 Å². The number of hydrogen-bond acceptors (Lipinski definition) is 10. The van der Waals surface area contributed by atoms with Crippen LogP contribution in [0, 0.1) is 0 Å². The molecule has 0 saturated carbocycles. The van der Waals surface area contributed by atoms with E-state index in [4.69, 9.17) is 0 Å². The molecule has 0 fully saturated rings. The summed E-state index contributed by atoms with van der Waals surface area (Å²) in [6.45, 7) is -4.64. The van der Waals surface area contributed by atoms with Crippen LogP contribution < -0.4 is 0 Å². The summed E-state index contributed by atoms with van der Waals surface area (Å²) in [5, 5.41) is 0. The van der Waals surface area contributed by atoms with Crippen LogP contribution in [0.2, 0.25) is 0 Å². The van der Waals surface area contributed by atoms with E-state index in [0.717, 1.165) is 0 Å². The van der Waals surface area contributed by atoms with Crippen LogP contribution in [-0.2, 0) is 47.7 Å². The summed E-state index contributed by atoms with van der Waals surface area (Å²) in [4.78, 5) is 23.4. The molecule has 2 unspecified atom stereocenters. The van der Waals surface area contributed by atoms with Crippen LogP contribution in [0.5, 0.6) is 0 Å². The number of ether oxygens (including phenoxy) is 2. The second kappa shape index (κ2) is 9.23. The third kappa shape index (κ3) is 12.7. The van der Waals surface area contributed by atoms with E-state index in [9.17, 15) is 52.8 Å². The number of halogens is 6. The van der Waals surface area contributed by atoms with Crippen LogP contribution in [0.4, 0.5) is 26.3 Å². The molecule has 0 radical (unpaired) electrons. The lowest BCUT2D eigenvalue weighted by Gasteiger charge is -2.23. The lowest BCUT2D eigenvalue weighted by molar-refractivity contribution is -0.201. The Morgan fingerprint density at radius 3 is 1.14 bits per heavy atom. The number of esters is 2. The highest BCUT2D eigenvalue weighted by atomic mass is 32.2. The predicted octanol–water partition coefficient (Wildman–Crippen LogP) is -0.113. The molecule has 0 aliphatic heterocycles. The fourth-order valence-electron chi connectivity index (χ4n) is 1.27. The number of carbonyl (C=O) groups excluding carboxylic acids is 2. The minimum atomic E-state index is -5.13. The molecule has 0 heterocycles. The highest BCUT2D eigenvalue weighted by molar-refractivity contribution is 7.86. The first-order valence-electron chi connectivity index (χ1n) is 6.43. The van der Waals surface area contributed by atoms with Crippen molar-refractivity contribution in [2.75, 3.05) is 25.7 Å². The Morgan fingerprint density at radius 1 is 0.714 bits per heavy atom. The molecule has 166 valence electrons. The molecule has 18 heteroatoms. The van der Waals surface area contributed by atoms with Crippen molar-refractivity contribution in [3.8, 4) is 0 Å². The van der Waals surface area contributed by atoms with E-state index in [1.54, 1.807) is 0 Å². The van der Waals surface area contributed by atoms with E-state index in [1.807, 2.05) is 0 Å². The third-order valence-corrected chi connectivity index (χ3v) is 3.17. The van der Waals surface area contributed by atoms with Gasteiger partial charge in [0.2, 0.25) is 12.2 Å². The van der Waals surface area contributed by atoms with Gasteiger partial charge in [0.1, 0.15) is 0 Å². The van der Waals surface area contributed by atoms with Crippen molar-refractivity contribution in [1.29, 1.82) is 0 Å². The molecule has 0 aromatic carbocycles. The highest BCUT2D eigenvalue weighted by Gasteiger charge is 2.45. The van der Waals surface area contributed by atoms with Gasteiger partial charge in [0, 0.05) is 0 Å². The molecule has 0 aliphatic carbocycles. The van der Waals surface area contributed by atoms with Crippen molar-refractivity contribution in [3.63, 3.8) is 0 Å². The molecule has 0 rings (SSSR count). The van der Waals surface area contributed by atoms with Crippen molar-refractivity contribution in [2.24, 2.45) is 0 Å². The maximum atomic E-state index is 12.1. The second-order valence-electron chi connectivity index (χ2n) is 4.89. The van der Waals surface area contributed by atoms with E-state index in [1.165, 1.54) is 0 Å². The van der Waals surface area contributed by atoms with Crippen LogP contribution in [0.1, 0.15) is 0 Å². The zero-order chi connectivity index (χ0) is 22.6. The monoisotopic (exact) mass is 470 g/mol. The van der Waals surface area contributed by atoms with Crippen LogP contribution >= 0.6 is 0 Å². The summed E-state index contributed by atoms with van der Waals surface area (Å²) >= 11 is 0. The maximum absolute atomic E-state index is 12.1. The largest absolute Gasteiger partial charge is 0.454 e. The molecule has 0 aromatic rings. The van der Waals surface area contributed by atoms with Crippen molar-refractivity contribution in [1.82, 2.24) is 0 Å². The molecular formula is C10H12F6O10S2. The molecule has 0 bridgehead atoms. The molecule has 0 N–H and O–H groups in total. The van der Waals surface area contributed by atoms with Crippen LogP contribution in [0.3, 0.4) is 0 Å². The second-order valence-corrected chi connectivity index (χ2v) is 8.09. The summed E-state index contributed by atoms with van der Waals surface area (Å²) in [5.41, 5.74) is 0. The van der Waals surface area contributed by atoms with Gasteiger partial charge in [0.25, 0.3) is 20.2 Å². The van der Waals surface area contributed by atoms with Gasteiger partial charge in [-0.3, -0.25) is 8.37 Å². The minimum absolute atomic E-state index is 0.232. The number of hydrogen-bond donors (Lipinski definition) is 0. The molecule has 0 saturated heterocycles. The molecule has 0 spiro atoms. The first-order chi connectivity index (χ1) is 12.2. The zero-order valence-electron chi connectivity index (χ0n) is 13.7. The van der Waals surface area contributed by atoms with Crippen LogP contribution in [0.25, 0.3) is 0 Å². The predicted molar refractivity (Wildman–Crippen MR) is 73.5 cm³/mol. The number of rotatable bonds is 9. The quantitative estimate of drug-likeness (QED) is 0.255. The standard InChI is InChI=1S/C10H12F6O10S2/c1-27(19,20)25-5(7(17)23-3-9(11,12)13)6(26-28(2,21)22)8(18)24-4-10(14,15)16/h5-6H,3-4H2,1-2H3. The Balaban J connectivity index is 5.86. The van der Waals surface area contributed by atoms with E-state index < -0.39 is 69.9 Å². The van der Waals surface area contributed by atoms with Crippen LogP contribution in [0.15, 0.2) is 0 Å². The lowest BCUT2D eigenvalue weighted by Crippen LogP contribution is -2.48. The highest BCUT2D eigenvalue weighted by Crippen LogP contribution is 2.20. The van der Waals surface area contributed by atoms with Gasteiger partial charge >= 0.3 is 24.3 Å². The van der Waals surface area contributed by atoms with Gasteiger partial charge in [-0.1, -0.05) is 0 Å². The van der Waals surface area contributed by atoms with Gasteiger partial charge < -0.3 is 9.47 Å². The first kappa shape index (κ1) is 26.3. The van der Waals surface area contributed by atoms with Crippen molar-refractivity contribution in [2.45, 2.75) is 24.6 Å². The zero-order valence-corrected chi connectivity index (χ0v) is 15.4. The summed E-state index contributed by atoms with van der Waals surface area (Å²) in [6, 6.07) is 0. The molecule has 0 aliphatic rings. The molecule has 28 heavy (non-hydrogen) atoms. The molecule has 10 nitrogen and oxygen atoms in total. The third-order valence-electron chi connectivity index (χ3n) is 2.05. The Hall–Kier alpha value is -1.66. The molecule has 0 aromatic heterocycles. The lowest BCUT2D eigenvalue weighted by atomic mass is 10.2. The smallest absolute Gasteiger partial charge is 0.422 e. The van der Waals surface area contributed by atoms with Crippen molar-refractivity contribution in [3.05, 3.63) is 0 Å². The van der Waals surface area contributed by atoms with Crippen molar-refractivity contribution >= 4 is 32.2 Å². The Labute approximate surface area is 153 Å². The fourth-order valence-corrected chi connectivity index (χ4v) is 2.39. The van der Waals surface area contributed by atoms with E-state index in [2.05, 4.69) is 17.8 Å². The Bertz CT molecular complexity index is 703. The molecule has 2 atom stereocenters. The average Bonchev–Trinajstić information content (AvgIpc) is 2.42. The van der Waals surface area contributed by atoms with Gasteiger partial charge in [0.15, 0.2) is 13.2 Å². The van der Waals surface area contributed by atoms with Gasteiger partial charge in [-0.15, -0.1) is 0 Å². The topological polar surface area (TPSA) is 139 Å². The summed E-state index contributed by atoms with van der Waals surface area (Å²) in [7, 11) is -9.57. The van der Waals surface area contributed by atoms with Gasteiger partial charge in [-0.05, 0) is 0 Å². The first-order valence-corrected chi connectivity index (χ1v) is 10.1. The van der Waals surface area contributed by atoms with Crippen molar-refractivity contribution < 1.29 is 70.6 Å².